The Kier molecular flexibility index (Phi) is 7.24. The Labute approximate surface area is 213 Å². The predicted molar refractivity (Wildman–Crippen MR) is 134 cm³/mol. The van der Waals surface area contributed by atoms with Crippen LogP contribution in [-0.4, -0.2) is 65.4 Å². The van der Waals surface area contributed by atoms with Crippen molar-refractivity contribution in [3.05, 3.63) is 59.7 Å². The van der Waals surface area contributed by atoms with E-state index in [0.29, 0.717) is 52.7 Å². The Morgan fingerprint density at radius 3 is 1.78 bits per heavy atom. The molecule has 0 saturated carbocycles. The SMILES string of the molecule is CCOC(=O)CC1(c2ccc(OCCC3(c4ccc(OCC5(C)COC5)cc4)COC3)cc2)COC1. The molecule has 2 aromatic carbocycles. The molecule has 0 spiro atoms. The average Bonchev–Trinajstić information content (AvgIpc) is 2.82. The van der Waals surface area contributed by atoms with Crippen molar-refractivity contribution >= 4 is 5.97 Å². The van der Waals surface area contributed by atoms with Crippen LogP contribution in [0.5, 0.6) is 11.5 Å². The van der Waals surface area contributed by atoms with Crippen molar-refractivity contribution in [2.75, 3.05) is 59.5 Å². The molecule has 0 amide bonds. The number of ether oxygens (including phenoxy) is 6. The van der Waals surface area contributed by atoms with Gasteiger partial charge in [-0.15, -0.1) is 0 Å². The summed E-state index contributed by atoms with van der Waals surface area (Å²) in [5, 5.41) is 0. The third kappa shape index (κ3) is 5.24. The van der Waals surface area contributed by atoms with Crippen molar-refractivity contribution in [1.29, 1.82) is 0 Å². The molecule has 3 saturated heterocycles. The van der Waals surface area contributed by atoms with Gasteiger partial charge in [0.2, 0.25) is 0 Å². The topological polar surface area (TPSA) is 72.5 Å². The van der Waals surface area contributed by atoms with Crippen molar-refractivity contribution in [2.24, 2.45) is 5.41 Å². The van der Waals surface area contributed by atoms with Crippen LogP contribution in [0.4, 0.5) is 0 Å². The number of rotatable bonds is 12. The number of hydrogen-bond acceptors (Lipinski definition) is 7. The highest BCUT2D eigenvalue weighted by Gasteiger charge is 2.43. The van der Waals surface area contributed by atoms with E-state index in [4.69, 9.17) is 28.4 Å². The van der Waals surface area contributed by atoms with Crippen LogP contribution in [0.1, 0.15) is 37.8 Å². The van der Waals surface area contributed by atoms with Crippen LogP contribution in [0.15, 0.2) is 48.5 Å². The minimum absolute atomic E-state index is 0.0285. The highest BCUT2D eigenvalue weighted by molar-refractivity contribution is 5.72. The van der Waals surface area contributed by atoms with Crippen molar-refractivity contribution in [3.63, 3.8) is 0 Å². The van der Waals surface area contributed by atoms with E-state index in [9.17, 15) is 4.79 Å². The summed E-state index contributed by atoms with van der Waals surface area (Å²) in [6, 6.07) is 16.4. The van der Waals surface area contributed by atoms with Gasteiger partial charge in [-0.2, -0.15) is 0 Å². The first-order valence-electron chi connectivity index (χ1n) is 12.8. The lowest BCUT2D eigenvalue weighted by Gasteiger charge is -2.42. The third-order valence-electron chi connectivity index (χ3n) is 7.57. The van der Waals surface area contributed by atoms with Gasteiger partial charge in [0, 0.05) is 10.8 Å². The fourth-order valence-corrected chi connectivity index (χ4v) is 4.98. The van der Waals surface area contributed by atoms with Crippen molar-refractivity contribution in [1.82, 2.24) is 0 Å². The number of carbonyl (C=O) groups excluding carboxylic acids is 1. The number of carbonyl (C=O) groups is 1. The lowest BCUT2D eigenvalue weighted by atomic mass is 9.76. The molecule has 3 aliphatic heterocycles. The Bertz CT molecular complexity index is 1020. The Hall–Kier alpha value is -2.61. The molecule has 0 bridgehead atoms. The van der Waals surface area contributed by atoms with E-state index in [1.54, 1.807) is 0 Å². The molecule has 0 N–H and O–H groups in total. The van der Waals surface area contributed by atoms with Gasteiger partial charge in [0.1, 0.15) is 11.5 Å². The zero-order chi connectivity index (χ0) is 25.1. The van der Waals surface area contributed by atoms with Crippen molar-refractivity contribution in [2.45, 2.75) is 37.5 Å². The summed E-state index contributed by atoms with van der Waals surface area (Å²) in [5.41, 5.74) is 2.14. The van der Waals surface area contributed by atoms with E-state index in [-0.39, 0.29) is 22.2 Å². The molecular weight excluding hydrogens is 460 g/mol. The van der Waals surface area contributed by atoms with Gasteiger partial charge < -0.3 is 28.4 Å². The molecule has 36 heavy (non-hydrogen) atoms. The normalized spacial score (nSPS) is 20.8. The maximum Gasteiger partial charge on any atom is 0.306 e. The number of hydrogen-bond donors (Lipinski definition) is 0. The zero-order valence-electron chi connectivity index (χ0n) is 21.3. The van der Waals surface area contributed by atoms with Gasteiger partial charge in [0.15, 0.2) is 0 Å². The fourth-order valence-electron chi connectivity index (χ4n) is 4.98. The lowest BCUT2D eigenvalue weighted by Crippen LogP contribution is -2.48. The molecule has 0 aromatic heterocycles. The van der Waals surface area contributed by atoms with E-state index >= 15 is 0 Å². The van der Waals surface area contributed by atoms with Gasteiger partial charge in [0.05, 0.1) is 71.3 Å². The molecule has 0 unspecified atom stereocenters. The van der Waals surface area contributed by atoms with E-state index in [1.165, 1.54) is 5.56 Å². The molecule has 3 heterocycles. The number of esters is 1. The zero-order valence-corrected chi connectivity index (χ0v) is 21.3. The molecule has 5 rings (SSSR count). The highest BCUT2D eigenvalue weighted by atomic mass is 16.5. The summed E-state index contributed by atoms with van der Waals surface area (Å²) >= 11 is 0. The molecule has 7 nitrogen and oxygen atoms in total. The molecule has 2 aromatic rings. The Morgan fingerprint density at radius 2 is 1.31 bits per heavy atom. The first kappa shape index (κ1) is 25.1. The third-order valence-corrected chi connectivity index (χ3v) is 7.57. The Balaban J connectivity index is 1.14. The maximum atomic E-state index is 12.1. The fraction of sp³-hybridized carbons (Fsp3) is 0.552. The van der Waals surface area contributed by atoms with Gasteiger partial charge in [-0.25, -0.2) is 0 Å². The highest BCUT2D eigenvalue weighted by Crippen LogP contribution is 2.38. The van der Waals surface area contributed by atoms with E-state index in [0.717, 1.165) is 36.7 Å². The van der Waals surface area contributed by atoms with Crippen molar-refractivity contribution in [3.8, 4) is 11.5 Å². The van der Waals surface area contributed by atoms with Crippen LogP contribution in [0.25, 0.3) is 0 Å². The van der Waals surface area contributed by atoms with Crippen molar-refractivity contribution < 1.29 is 33.2 Å². The minimum Gasteiger partial charge on any atom is -0.494 e. The second-order valence-corrected chi connectivity index (χ2v) is 10.8. The second-order valence-electron chi connectivity index (χ2n) is 10.8. The summed E-state index contributed by atoms with van der Waals surface area (Å²) in [5.74, 6) is 1.52. The molecule has 194 valence electrons. The molecule has 7 heteroatoms. The van der Waals surface area contributed by atoms with Crippen LogP contribution in [0, 0.1) is 5.41 Å². The van der Waals surface area contributed by atoms with Crippen LogP contribution < -0.4 is 9.47 Å². The molecule has 0 radical (unpaired) electrons. The van der Waals surface area contributed by atoms with Crippen LogP contribution in [-0.2, 0) is 34.6 Å². The van der Waals surface area contributed by atoms with E-state index in [2.05, 4.69) is 19.1 Å². The molecule has 3 fully saturated rings. The van der Waals surface area contributed by atoms with E-state index in [1.807, 2.05) is 43.3 Å². The minimum atomic E-state index is -0.294. The Morgan fingerprint density at radius 1 is 0.778 bits per heavy atom. The molecular formula is C29H36O7. The van der Waals surface area contributed by atoms with Crippen LogP contribution in [0.3, 0.4) is 0 Å². The van der Waals surface area contributed by atoms with Gasteiger partial charge in [-0.3, -0.25) is 4.79 Å². The standard InChI is InChI=1S/C29H36O7/c1-3-34-26(30)14-29(20-33-21-29)23-6-8-24(9-7-23)35-13-12-28(18-32-19-28)22-4-10-25(11-5-22)36-17-27(2)15-31-16-27/h4-11H,3,12-21H2,1-2H3. The monoisotopic (exact) mass is 496 g/mol. The second kappa shape index (κ2) is 10.4. The summed E-state index contributed by atoms with van der Waals surface area (Å²) in [6.07, 6.45) is 1.20. The summed E-state index contributed by atoms with van der Waals surface area (Å²) in [6.45, 7) is 9.64. The molecule has 0 atom stereocenters. The van der Waals surface area contributed by atoms with Crippen LogP contribution in [0.2, 0.25) is 0 Å². The summed E-state index contributed by atoms with van der Waals surface area (Å²) in [7, 11) is 0. The maximum absolute atomic E-state index is 12.1. The average molecular weight is 497 g/mol. The van der Waals surface area contributed by atoms with Gasteiger partial charge in [-0.05, 0) is 48.7 Å². The smallest absolute Gasteiger partial charge is 0.306 e. The molecule has 0 aliphatic carbocycles. The van der Waals surface area contributed by atoms with Gasteiger partial charge in [0.25, 0.3) is 0 Å². The van der Waals surface area contributed by atoms with Crippen LogP contribution >= 0.6 is 0 Å². The lowest BCUT2D eigenvalue weighted by molar-refractivity contribution is -0.151. The van der Waals surface area contributed by atoms with Gasteiger partial charge >= 0.3 is 5.97 Å². The predicted octanol–water partition coefficient (Wildman–Crippen LogP) is 4.06. The first-order chi connectivity index (χ1) is 17.4. The number of benzene rings is 2. The first-order valence-corrected chi connectivity index (χ1v) is 12.8. The quantitative estimate of drug-likeness (QED) is 0.411. The van der Waals surface area contributed by atoms with E-state index < -0.39 is 0 Å². The summed E-state index contributed by atoms with van der Waals surface area (Å²) < 4.78 is 33.6. The molecule has 3 aliphatic rings. The largest absolute Gasteiger partial charge is 0.494 e. The van der Waals surface area contributed by atoms with Gasteiger partial charge in [-0.1, -0.05) is 31.2 Å². The summed E-state index contributed by atoms with van der Waals surface area (Å²) in [4.78, 5) is 12.1.